The standard InChI is InChI=1S/C22H27FN4O2/c1-15-14-20(29-19-8-4-3-6-17(19)23)25-21(24-15)18-7-5-11-27(18)22(28)16-9-12-26(2)13-10-16/h3-4,6,8,14,16,18H,5,7,9-13H2,1-2H3. The highest BCUT2D eigenvalue weighted by Crippen LogP contribution is 2.34. The zero-order chi connectivity index (χ0) is 20.4. The van der Waals surface area contributed by atoms with Crippen molar-refractivity contribution in [1.29, 1.82) is 0 Å². The highest BCUT2D eigenvalue weighted by molar-refractivity contribution is 5.79. The maximum atomic E-state index is 14.0. The summed E-state index contributed by atoms with van der Waals surface area (Å²) in [6.07, 6.45) is 3.56. The van der Waals surface area contributed by atoms with Gasteiger partial charge in [0, 0.05) is 24.2 Å². The van der Waals surface area contributed by atoms with Gasteiger partial charge in [0.25, 0.3) is 0 Å². The van der Waals surface area contributed by atoms with E-state index in [0.29, 0.717) is 11.7 Å². The Kier molecular flexibility index (Phi) is 5.76. The summed E-state index contributed by atoms with van der Waals surface area (Å²) in [6.45, 7) is 4.50. The largest absolute Gasteiger partial charge is 0.436 e. The van der Waals surface area contributed by atoms with Crippen LogP contribution in [0.25, 0.3) is 0 Å². The topological polar surface area (TPSA) is 58.6 Å². The molecule has 1 amide bonds. The number of ether oxygens (including phenoxy) is 1. The fourth-order valence-electron chi connectivity index (χ4n) is 4.19. The molecule has 29 heavy (non-hydrogen) atoms. The summed E-state index contributed by atoms with van der Waals surface area (Å²) in [5.41, 5.74) is 0.736. The highest BCUT2D eigenvalue weighted by atomic mass is 19.1. The molecular weight excluding hydrogens is 371 g/mol. The van der Waals surface area contributed by atoms with Crippen LogP contribution >= 0.6 is 0 Å². The molecule has 2 fully saturated rings. The highest BCUT2D eigenvalue weighted by Gasteiger charge is 2.36. The minimum Gasteiger partial charge on any atom is -0.436 e. The van der Waals surface area contributed by atoms with Crippen molar-refractivity contribution in [2.45, 2.75) is 38.6 Å². The van der Waals surface area contributed by atoms with Crippen molar-refractivity contribution in [2.24, 2.45) is 5.92 Å². The van der Waals surface area contributed by atoms with Crippen LogP contribution in [0.4, 0.5) is 4.39 Å². The number of likely N-dealkylation sites (tertiary alicyclic amines) is 2. The van der Waals surface area contributed by atoms with E-state index in [4.69, 9.17) is 4.74 Å². The SMILES string of the molecule is Cc1cc(Oc2ccccc2F)nc(C2CCCN2C(=O)C2CCN(C)CC2)n1. The summed E-state index contributed by atoms with van der Waals surface area (Å²) < 4.78 is 19.6. The Hall–Kier alpha value is -2.54. The number of aryl methyl sites for hydroxylation is 1. The molecule has 4 rings (SSSR count). The fraction of sp³-hybridized carbons (Fsp3) is 0.500. The number of aromatic nitrogens is 2. The molecule has 154 valence electrons. The first-order valence-electron chi connectivity index (χ1n) is 10.3. The van der Waals surface area contributed by atoms with Gasteiger partial charge in [-0.3, -0.25) is 4.79 Å². The summed E-state index contributed by atoms with van der Waals surface area (Å²) in [6, 6.07) is 7.79. The number of rotatable bonds is 4. The zero-order valence-electron chi connectivity index (χ0n) is 17.0. The summed E-state index contributed by atoms with van der Waals surface area (Å²) in [7, 11) is 2.09. The second-order valence-corrected chi connectivity index (χ2v) is 8.01. The van der Waals surface area contributed by atoms with Gasteiger partial charge in [-0.25, -0.2) is 9.37 Å². The molecule has 0 bridgehead atoms. The zero-order valence-corrected chi connectivity index (χ0v) is 17.0. The summed E-state index contributed by atoms with van der Waals surface area (Å²) >= 11 is 0. The van der Waals surface area contributed by atoms with Crippen LogP contribution in [0.1, 0.15) is 43.2 Å². The number of nitrogens with zero attached hydrogens (tertiary/aromatic N) is 4. The molecule has 1 unspecified atom stereocenters. The van der Waals surface area contributed by atoms with Crippen LogP contribution in [0.2, 0.25) is 0 Å². The average Bonchev–Trinajstić information content (AvgIpc) is 3.19. The molecule has 1 atom stereocenters. The Morgan fingerprint density at radius 3 is 2.66 bits per heavy atom. The van der Waals surface area contributed by atoms with E-state index < -0.39 is 5.82 Å². The quantitative estimate of drug-likeness (QED) is 0.786. The fourth-order valence-corrected chi connectivity index (χ4v) is 4.19. The van der Waals surface area contributed by atoms with Gasteiger partial charge in [-0.2, -0.15) is 4.98 Å². The Morgan fingerprint density at radius 1 is 1.14 bits per heavy atom. The van der Waals surface area contributed by atoms with Crippen LogP contribution in [0.5, 0.6) is 11.6 Å². The first-order valence-corrected chi connectivity index (χ1v) is 10.3. The first kappa shape index (κ1) is 19.8. The van der Waals surface area contributed by atoms with E-state index >= 15 is 0 Å². The third-order valence-corrected chi connectivity index (χ3v) is 5.80. The van der Waals surface area contributed by atoms with Crippen LogP contribution < -0.4 is 4.74 Å². The molecule has 1 aromatic heterocycles. The predicted molar refractivity (Wildman–Crippen MR) is 107 cm³/mol. The van der Waals surface area contributed by atoms with Gasteiger partial charge in [-0.05, 0) is 64.9 Å². The molecule has 7 heteroatoms. The lowest BCUT2D eigenvalue weighted by molar-refractivity contribution is -0.138. The molecule has 0 radical (unpaired) electrons. The van der Waals surface area contributed by atoms with E-state index in [9.17, 15) is 9.18 Å². The molecule has 0 saturated carbocycles. The van der Waals surface area contributed by atoms with E-state index in [1.807, 2.05) is 11.8 Å². The molecule has 2 aromatic rings. The Balaban J connectivity index is 1.54. The van der Waals surface area contributed by atoms with E-state index in [-0.39, 0.29) is 23.6 Å². The second-order valence-electron chi connectivity index (χ2n) is 8.01. The predicted octanol–water partition coefficient (Wildman–Crippen LogP) is 3.72. The molecule has 2 aliphatic rings. The van der Waals surface area contributed by atoms with Gasteiger partial charge in [-0.15, -0.1) is 0 Å². The molecule has 6 nitrogen and oxygen atoms in total. The number of para-hydroxylation sites is 1. The average molecular weight is 398 g/mol. The van der Waals surface area contributed by atoms with E-state index in [1.165, 1.54) is 6.07 Å². The maximum Gasteiger partial charge on any atom is 0.226 e. The van der Waals surface area contributed by atoms with Crippen LogP contribution in [0.3, 0.4) is 0 Å². The molecular formula is C22H27FN4O2. The molecule has 1 aromatic carbocycles. The van der Waals surface area contributed by atoms with Gasteiger partial charge in [0.05, 0.1) is 6.04 Å². The minimum atomic E-state index is -0.440. The Labute approximate surface area is 170 Å². The van der Waals surface area contributed by atoms with Crippen molar-refractivity contribution in [3.63, 3.8) is 0 Å². The molecule has 3 heterocycles. The van der Waals surface area contributed by atoms with Gasteiger partial charge < -0.3 is 14.5 Å². The van der Waals surface area contributed by atoms with Gasteiger partial charge in [0.15, 0.2) is 17.4 Å². The van der Waals surface area contributed by atoms with Crippen LogP contribution in [0, 0.1) is 18.7 Å². The van der Waals surface area contributed by atoms with Gasteiger partial charge in [-0.1, -0.05) is 12.1 Å². The van der Waals surface area contributed by atoms with Gasteiger partial charge >= 0.3 is 0 Å². The lowest BCUT2D eigenvalue weighted by Crippen LogP contribution is -2.41. The number of carbonyl (C=O) groups excluding carboxylic acids is 1. The summed E-state index contributed by atoms with van der Waals surface area (Å²) in [4.78, 5) is 26.5. The second kappa shape index (κ2) is 8.45. The maximum absolute atomic E-state index is 14.0. The van der Waals surface area contributed by atoms with E-state index in [1.54, 1.807) is 24.3 Å². The number of carbonyl (C=O) groups is 1. The number of halogens is 1. The number of piperidine rings is 1. The normalized spacial score (nSPS) is 20.8. The minimum absolute atomic E-state index is 0.0748. The van der Waals surface area contributed by atoms with Crippen molar-refractivity contribution in [3.05, 3.63) is 47.7 Å². The first-order chi connectivity index (χ1) is 14.0. The Morgan fingerprint density at radius 2 is 1.90 bits per heavy atom. The van der Waals surface area contributed by atoms with Crippen molar-refractivity contribution in [2.75, 3.05) is 26.7 Å². The van der Waals surface area contributed by atoms with Crippen molar-refractivity contribution < 1.29 is 13.9 Å². The van der Waals surface area contributed by atoms with Gasteiger partial charge in [0.2, 0.25) is 11.8 Å². The number of hydrogen-bond donors (Lipinski definition) is 0. The number of hydrogen-bond acceptors (Lipinski definition) is 5. The van der Waals surface area contributed by atoms with E-state index in [0.717, 1.165) is 51.0 Å². The lowest BCUT2D eigenvalue weighted by Gasteiger charge is -2.33. The van der Waals surface area contributed by atoms with Crippen molar-refractivity contribution in [3.8, 4) is 11.6 Å². The van der Waals surface area contributed by atoms with Crippen molar-refractivity contribution >= 4 is 5.91 Å². The molecule has 2 aliphatic heterocycles. The third-order valence-electron chi connectivity index (χ3n) is 5.80. The van der Waals surface area contributed by atoms with Crippen molar-refractivity contribution in [1.82, 2.24) is 19.8 Å². The van der Waals surface area contributed by atoms with E-state index in [2.05, 4.69) is 21.9 Å². The number of benzene rings is 1. The smallest absolute Gasteiger partial charge is 0.226 e. The monoisotopic (exact) mass is 398 g/mol. The van der Waals surface area contributed by atoms with Gasteiger partial charge in [0.1, 0.15) is 0 Å². The van der Waals surface area contributed by atoms with Crippen LogP contribution in [-0.2, 0) is 4.79 Å². The Bertz CT molecular complexity index is 883. The molecule has 2 saturated heterocycles. The summed E-state index contributed by atoms with van der Waals surface area (Å²) in [5.74, 6) is 0.854. The number of amides is 1. The van der Waals surface area contributed by atoms with Crippen LogP contribution in [-0.4, -0.2) is 52.4 Å². The molecule has 0 spiro atoms. The molecule has 0 N–H and O–H groups in total. The molecule has 0 aliphatic carbocycles. The van der Waals surface area contributed by atoms with Crippen LogP contribution in [0.15, 0.2) is 30.3 Å². The lowest BCUT2D eigenvalue weighted by atomic mass is 9.95. The summed E-state index contributed by atoms with van der Waals surface area (Å²) in [5, 5.41) is 0. The third kappa shape index (κ3) is 4.40.